The van der Waals surface area contributed by atoms with Crippen LogP contribution in [0.15, 0.2) is 0 Å². The topological polar surface area (TPSA) is 32.7 Å². The Morgan fingerprint density at radius 2 is 2.00 bits per heavy atom. The Kier molecular flexibility index (Phi) is 5.35. The van der Waals surface area contributed by atoms with Crippen LogP contribution in [0, 0.1) is 0 Å². The fraction of sp³-hybridized carbons (Fsp3) is 1.00. The Morgan fingerprint density at radius 1 is 1.31 bits per heavy atom. The van der Waals surface area contributed by atoms with Crippen molar-refractivity contribution in [2.24, 2.45) is 0 Å². The molecule has 13 heavy (non-hydrogen) atoms. The van der Waals surface area contributed by atoms with Crippen molar-refractivity contribution in [1.82, 2.24) is 4.90 Å². The van der Waals surface area contributed by atoms with Gasteiger partial charge in [0, 0.05) is 13.2 Å². The van der Waals surface area contributed by atoms with E-state index in [9.17, 15) is 5.11 Å². The molecule has 1 rings (SSSR count). The number of ether oxygens (including phenoxy) is 1. The summed E-state index contributed by atoms with van der Waals surface area (Å²) in [6.45, 7) is 6.18. The molecule has 1 heterocycles. The second-order valence-electron chi connectivity index (χ2n) is 3.67. The smallest absolute Gasteiger partial charge is 0.0900 e. The molecule has 1 saturated heterocycles. The summed E-state index contributed by atoms with van der Waals surface area (Å²) in [7, 11) is 0. The van der Waals surface area contributed by atoms with E-state index in [1.807, 2.05) is 6.92 Å². The Hall–Kier alpha value is -0.120. The molecule has 1 unspecified atom stereocenters. The van der Waals surface area contributed by atoms with Crippen molar-refractivity contribution in [2.75, 3.05) is 32.8 Å². The SMILES string of the molecule is CCOCC(O)CN1CCCCC1. The molecule has 0 aromatic rings. The highest BCUT2D eigenvalue weighted by atomic mass is 16.5. The zero-order valence-electron chi connectivity index (χ0n) is 8.54. The molecule has 0 saturated carbocycles. The number of hydrogen-bond acceptors (Lipinski definition) is 3. The minimum absolute atomic E-state index is 0.307. The number of β-amino-alcohol motifs (C(OH)–C–C–N with tert-alkyl or cyclic N) is 1. The molecule has 0 aromatic carbocycles. The van der Waals surface area contributed by atoms with E-state index < -0.39 is 0 Å². The van der Waals surface area contributed by atoms with Gasteiger partial charge in [-0.25, -0.2) is 0 Å². The molecule has 78 valence electrons. The lowest BCUT2D eigenvalue weighted by atomic mass is 10.1. The predicted octanol–water partition coefficient (Wildman–Crippen LogP) is 0.870. The summed E-state index contributed by atoms with van der Waals surface area (Å²) in [6, 6.07) is 0. The van der Waals surface area contributed by atoms with Crippen LogP contribution in [0.1, 0.15) is 26.2 Å². The molecular weight excluding hydrogens is 166 g/mol. The van der Waals surface area contributed by atoms with Crippen LogP contribution in [-0.4, -0.2) is 49.0 Å². The first kappa shape index (κ1) is 11.0. The maximum absolute atomic E-state index is 9.57. The highest BCUT2D eigenvalue weighted by Gasteiger charge is 2.13. The van der Waals surface area contributed by atoms with E-state index in [-0.39, 0.29) is 6.10 Å². The number of aliphatic hydroxyl groups is 1. The molecule has 0 amide bonds. The average molecular weight is 187 g/mol. The third-order valence-electron chi connectivity index (χ3n) is 2.43. The molecule has 1 atom stereocenters. The van der Waals surface area contributed by atoms with E-state index in [4.69, 9.17) is 4.74 Å². The molecule has 0 radical (unpaired) electrons. The van der Waals surface area contributed by atoms with Crippen molar-refractivity contribution < 1.29 is 9.84 Å². The first-order valence-corrected chi connectivity index (χ1v) is 5.31. The standard InChI is InChI=1S/C10H21NO2/c1-2-13-9-10(12)8-11-6-4-3-5-7-11/h10,12H,2-9H2,1H3. The molecule has 0 aliphatic carbocycles. The van der Waals surface area contributed by atoms with E-state index in [2.05, 4.69) is 4.90 Å². The maximum Gasteiger partial charge on any atom is 0.0900 e. The van der Waals surface area contributed by atoms with Crippen LogP contribution in [0.4, 0.5) is 0 Å². The highest BCUT2D eigenvalue weighted by molar-refractivity contribution is 4.68. The Bertz CT molecular complexity index is 124. The van der Waals surface area contributed by atoms with Crippen LogP contribution in [0.3, 0.4) is 0 Å². The maximum atomic E-state index is 9.57. The quantitative estimate of drug-likeness (QED) is 0.693. The van der Waals surface area contributed by atoms with E-state index >= 15 is 0 Å². The second-order valence-corrected chi connectivity index (χ2v) is 3.67. The van der Waals surface area contributed by atoms with Crippen LogP contribution >= 0.6 is 0 Å². The first-order chi connectivity index (χ1) is 6.33. The summed E-state index contributed by atoms with van der Waals surface area (Å²) in [4.78, 5) is 2.33. The molecule has 1 aliphatic rings. The van der Waals surface area contributed by atoms with Crippen LogP contribution < -0.4 is 0 Å². The van der Waals surface area contributed by atoms with Gasteiger partial charge in [-0.2, -0.15) is 0 Å². The van der Waals surface area contributed by atoms with Crippen LogP contribution in [0.2, 0.25) is 0 Å². The first-order valence-electron chi connectivity index (χ1n) is 5.31. The summed E-state index contributed by atoms with van der Waals surface area (Å²) >= 11 is 0. The van der Waals surface area contributed by atoms with Crippen LogP contribution in [0.25, 0.3) is 0 Å². The summed E-state index contributed by atoms with van der Waals surface area (Å²) < 4.78 is 5.16. The third kappa shape index (κ3) is 4.60. The molecule has 1 aliphatic heterocycles. The fourth-order valence-electron chi connectivity index (χ4n) is 1.75. The fourth-order valence-corrected chi connectivity index (χ4v) is 1.75. The number of aliphatic hydroxyl groups excluding tert-OH is 1. The van der Waals surface area contributed by atoms with E-state index in [1.165, 1.54) is 19.3 Å². The Balaban J connectivity index is 2.07. The van der Waals surface area contributed by atoms with Crippen LogP contribution in [-0.2, 0) is 4.74 Å². The number of rotatable bonds is 5. The van der Waals surface area contributed by atoms with Gasteiger partial charge in [0.05, 0.1) is 12.7 Å². The summed E-state index contributed by atoms with van der Waals surface area (Å²) in [5, 5.41) is 9.57. The van der Waals surface area contributed by atoms with Gasteiger partial charge in [-0.15, -0.1) is 0 Å². The van der Waals surface area contributed by atoms with Gasteiger partial charge in [-0.1, -0.05) is 6.42 Å². The summed E-state index contributed by atoms with van der Waals surface area (Å²) in [5.41, 5.74) is 0. The lowest BCUT2D eigenvalue weighted by molar-refractivity contribution is 0.0178. The van der Waals surface area contributed by atoms with Gasteiger partial charge in [-0.05, 0) is 32.9 Å². The molecule has 3 heteroatoms. The number of likely N-dealkylation sites (tertiary alicyclic amines) is 1. The van der Waals surface area contributed by atoms with Gasteiger partial charge < -0.3 is 14.7 Å². The van der Waals surface area contributed by atoms with Gasteiger partial charge in [0.2, 0.25) is 0 Å². The van der Waals surface area contributed by atoms with Gasteiger partial charge in [0.1, 0.15) is 0 Å². The molecule has 0 spiro atoms. The Labute approximate surface area is 80.7 Å². The van der Waals surface area contributed by atoms with Crippen molar-refractivity contribution in [2.45, 2.75) is 32.3 Å². The molecule has 1 N–H and O–H groups in total. The van der Waals surface area contributed by atoms with Crippen LogP contribution in [0.5, 0.6) is 0 Å². The van der Waals surface area contributed by atoms with Gasteiger partial charge in [0.15, 0.2) is 0 Å². The number of nitrogens with zero attached hydrogens (tertiary/aromatic N) is 1. The van der Waals surface area contributed by atoms with Gasteiger partial charge >= 0.3 is 0 Å². The minimum Gasteiger partial charge on any atom is -0.389 e. The van der Waals surface area contributed by atoms with E-state index in [0.29, 0.717) is 13.2 Å². The normalized spacial score (nSPS) is 21.7. The second kappa shape index (κ2) is 6.35. The van der Waals surface area contributed by atoms with Crippen molar-refractivity contribution in [3.8, 4) is 0 Å². The van der Waals surface area contributed by atoms with E-state index in [1.54, 1.807) is 0 Å². The lowest BCUT2D eigenvalue weighted by Gasteiger charge is -2.28. The minimum atomic E-state index is -0.307. The molecule has 1 fully saturated rings. The monoisotopic (exact) mass is 187 g/mol. The summed E-state index contributed by atoms with van der Waals surface area (Å²) in [6.07, 6.45) is 3.60. The zero-order chi connectivity index (χ0) is 9.52. The number of piperidine rings is 1. The van der Waals surface area contributed by atoms with Crippen molar-refractivity contribution in [1.29, 1.82) is 0 Å². The van der Waals surface area contributed by atoms with Crippen molar-refractivity contribution >= 4 is 0 Å². The van der Waals surface area contributed by atoms with Crippen molar-refractivity contribution in [3.63, 3.8) is 0 Å². The largest absolute Gasteiger partial charge is 0.389 e. The van der Waals surface area contributed by atoms with Gasteiger partial charge in [-0.3, -0.25) is 0 Å². The lowest BCUT2D eigenvalue weighted by Crippen LogP contribution is -2.38. The van der Waals surface area contributed by atoms with Gasteiger partial charge in [0.25, 0.3) is 0 Å². The molecule has 0 bridgehead atoms. The number of hydrogen-bond donors (Lipinski definition) is 1. The molecule has 3 nitrogen and oxygen atoms in total. The molecule has 0 aromatic heterocycles. The highest BCUT2D eigenvalue weighted by Crippen LogP contribution is 2.08. The van der Waals surface area contributed by atoms with E-state index in [0.717, 1.165) is 19.6 Å². The summed E-state index contributed by atoms with van der Waals surface area (Å²) in [5.74, 6) is 0. The average Bonchev–Trinajstić information content (AvgIpc) is 2.16. The predicted molar refractivity (Wildman–Crippen MR) is 52.8 cm³/mol. The Morgan fingerprint density at radius 3 is 2.62 bits per heavy atom. The van der Waals surface area contributed by atoms with Crippen molar-refractivity contribution in [3.05, 3.63) is 0 Å². The zero-order valence-corrected chi connectivity index (χ0v) is 8.54. The molecular formula is C10H21NO2. The third-order valence-corrected chi connectivity index (χ3v) is 2.43.